The van der Waals surface area contributed by atoms with Crippen molar-refractivity contribution in [2.75, 3.05) is 43.5 Å². The number of carbonyl (C=O) groups excluding carboxylic acids is 1. The Morgan fingerprint density at radius 1 is 1.00 bits per heavy atom. The number of ether oxygens (including phenoxy) is 1. The number of thiocarbonyl (C=S) groups is 1. The highest BCUT2D eigenvalue weighted by Crippen LogP contribution is 2.28. The highest BCUT2D eigenvalue weighted by molar-refractivity contribution is 7.80. The molecule has 2 aliphatic rings. The largest absolute Gasteiger partial charge is 0.495 e. The lowest BCUT2D eigenvalue weighted by atomic mass is 10.1. The smallest absolute Gasteiger partial charge is 0.256 e. The number of hydrogen-bond donors (Lipinski definition) is 1. The molecular weight excluding hydrogens is 525 g/mol. The van der Waals surface area contributed by atoms with Crippen LogP contribution in [-0.2, 0) is 17.8 Å². The Balaban J connectivity index is 1.25. The Kier molecular flexibility index (Phi) is 9.23. The number of likely N-dealkylation sites (tertiary alicyclic amines) is 1. The first-order valence-corrected chi connectivity index (χ1v) is 14.4. The molecule has 7 nitrogen and oxygen atoms in total. The van der Waals surface area contributed by atoms with Crippen LogP contribution in [0.25, 0.3) is 0 Å². The number of piperidine rings is 1. The molecule has 0 spiro atoms. The first kappa shape index (κ1) is 28.0. The maximum absolute atomic E-state index is 13.6. The van der Waals surface area contributed by atoms with Crippen molar-refractivity contribution in [3.8, 4) is 5.75 Å². The molecule has 210 valence electrons. The van der Waals surface area contributed by atoms with E-state index in [9.17, 15) is 9.18 Å². The molecule has 1 atom stereocenters. The number of pyridine rings is 1. The zero-order valence-electron chi connectivity index (χ0n) is 22.9. The van der Waals surface area contributed by atoms with Gasteiger partial charge in [-0.15, -0.1) is 0 Å². The third-order valence-corrected chi connectivity index (χ3v) is 8.04. The summed E-state index contributed by atoms with van der Waals surface area (Å²) in [6.45, 7) is 4.50. The number of halogens is 1. The molecule has 1 amide bonds. The van der Waals surface area contributed by atoms with Gasteiger partial charge in [-0.1, -0.05) is 30.7 Å². The van der Waals surface area contributed by atoms with Crippen molar-refractivity contribution in [2.24, 2.45) is 0 Å². The summed E-state index contributed by atoms with van der Waals surface area (Å²) in [5.74, 6) is 0.940. The summed E-state index contributed by atoms with van der Waals surface area (Å²) in [4.78, 5) is 24.0. The molecule has 2 aliphatic heterocycles. The van der Waals surface area contributed by atoms with Gasteiger partial charge >= 0.3 is 0 Å². The van der Waals surface area contributed by atoms with Crippen molar-refractivity contribution in [1.82, 2.24) is 14.8 Å². The first-order valence-electron chi connectivity index (χ1n) is 14.0. The predicted molar refractivity (Wildman–Crippen MR) is 160 cm³/mol. The van der Waals surface area contributed by atoms with Crippen LogP contribution in [0, 0.1) is 5.82 Å². The van der Waals surface area contributed by atoms with Gasteiger partial charge in [0.15, 0.2) is 5.11 Å². The Labute approximate surface area is 240 Å². The van der Waals surface area contributed by atoms with E-state index in [-0.39, 0.29) is 11.7 Å². The molecule has 0 radical (unpaired) electrons. The summed E-state index contributed by atoms with van der Waals surface area (Å²) in [6.07, 6.45) is 6.87. The molecule has 2 aromatic carbocycles. The third-order valence-electron chi connectivity index (χ3n) is 7.62. The molecule has 1 aromatic heterocycles. The molecule has 0 bridgehead atoms. The van der Waals surface area contributed by atoms with Gasteiger partial charge in [-0.25, -0.2) is 9.37 Å². The first-order chi connectivity index (χ1) is 19.5. The van der Waals surface area contributed by atoms with E-state index in [1.54, 1.807) is 25.4 Å². The standard InChI is InChI=1S/C31H36FN5O2S/c1-39-27-13-14-29(34-21-27)33-17-15-28-30(38)37(26-11-9-25(32)10-12-26)31(40)36(28)20-16-23-5-7-24(8-6-23)22-35-18-3-2-4-19-35/h5-14,21,28H,2-4,15-20,22H2,1H3,(H,33,34). The molecule has 9 heteroatoms. The summed E-state index contributed by atoms with van der Waals surface area (Å²) in [7, 11) is 1.60. The van der Waals surface area contributed by atoms with E-state index in [1.807, 2.05) is 17.0 Å². The lowest BCUT2D eigenvalue weighted by molar-refractivity contribution is -0.119. The maximum atomic E-state index is 13.6. The van der Waals surface area contributed by atoms with Gasteiger partial charge in [-0.3, -0.25) is 14.6 Å². The number of methoxy groups -OCH3 is 1. The van der Waals surface area contributed by atoms with Crippen LogP contribution in [0.4, 0.5) is 15.9 Å². The van der Waals surface area contributed by atoms with Crippen LogP contribution in [0.1, 0.15) is 36.8 Å². The molecule has 2 fully saturated rings. The minimum Gasteiger partial charge on any atom is -0.495 e. The zero-order valence-corrected chi connectivity index (χ0v) is 23.7. The van der Waals surface area contributed by atoms with Gasteiger partial charge in [0.25, 0.3) is 5.91 Å². The van der Waals surface area contributed by atoms with Gasteiger partial charge in [0.1, 0.15) is 23.4 Å². The van der Waals surface area contributed by atoms with Gasteiger partial charge in [-0.2, -0.15) is 0 Å². The Hall–Kier alpha value is -3.56. The second kappa shape index (κ2) is 13.2. The van der Waals surface area contributed by atoms with Crippen molar-refractivity contribution in [3.63, 3.8) is 0 Å². The van der Waals surface area contributed by atoms with Crippen LogP contribution in [-0.4, -0.2) is 65.1 Å². The Bertz CT molecular complexity index is 1280. The van der Waals surface area contributed by atoms with Gasteiger partial charge < -0.3 is 15.0 Å². The monoisotopic (exact) mass is 561 g/mol. The number of aromatic nitrogens is 1. The molecule has 1 N–H and O–H groups in total. The van der Waals surface area contributed by atoms with Gasteiger partial charge in [0.2, 0.25) is 0 Å². The van der Waals surface area contributed by atoms with Crippen LogP contribution < -0.4 is 15.0 Å². The molecule has 3 aromatic rings. The van der Waals surface area contributed by atoms with Crippen molar-refractivity contribution >= 4 is 34.7 Å². The summed E-state index contributed by atoms with van der Waals surface area (Å²) in [5.41, 5.74) is 3.11. The fourth-order valence-corrected chi connectivity index (χ4v) is 5.79. The molecule has 3 heterocycles. The van der Waals surface area contributed by atoms with Gasteiger partial charge in [0.05, 0.1) is 19.0 Å². The van der Waals surface area contributed by atoms with E-state index >= 15 is 0 Å². The number of benzene rings is 2. The van der Waals surface area contributed by atoms with E-state index < -0.39 is 6.04 Å². The second-order valence-corrected chi connectivity index (χ2v) is 10.7. The number of nitrogens with one attached hydrogen (secondary N) is 1. The maximum Gasteiger partial charge on any atom is 0.256 e. The molecule has 5 rings (SSSR count). The molecular formula is C31H36FN5O2S. The van der Waals surface area contributed by atoms with Crippen molar-refractivity contribution < 1.29 is 13.9 Å². The van der Waals surface area contributed by atoms with Crippen LogP contribution in [0.5, 0.6) is 5.75 Å². The summed E-state index contributed by atoms with van der Waals surface area (Å²) >= 11 is 5.81. The number of rotatable bonds is 11. The SMILES string of the molecule is COc1ccc(NCCC2C(=O)N(c3ccc(F)cc3)C(=S)N2CCc2ccc(CN3CCCCC3)cc2)nc1. The van der Waals surface area contributed by atoms with Crippen LogP contribution >= 0.6 is 12.2 Å². The fourth-order valence-electron chi connectivity index (χ4n) is 5.38. The van der Waals surface area contributed by atoms with E-state index in [4.69, 9.17) is 17.0 Å². The number of amides is 1. The molecule has 40 heavy (non-hydrogen) atoms. The summed E-state index contributed by atoms with van der Waals surface area (Å²) < 4.78 is 18.8. The average Bonchev–Trinajstić information content (AvgIpc) is 3.22. The quantitative estimate of drug-likeness (QED) is 0.321. The summed E-state index contributed by atoms with van der Waals surface area (Å²) in [6, 6.07) is 18.0. The van der Waals surface area contributed by atoms with E-state index in [0.717, 1.165) is 13.0 Å². The lowest BCUT2D eigenvalue weighted by Crippen LogP contribution is -2.37. The van der Waals surface area contributed by atoms with Crippen molar-refractivity contribution in [3.05, 3.63) is 83.8 Å². The zero-order chi connectivity index (χ0) is 27.9. The second-order valence-electron chi connectivity index (χ2n) is 10.3. The minimum atomic E-state index is -0.429. The topological polar surface area (TPSA) is 60.9 Å². The van der Waals surface area contributed by atoms with Crippen LogP contribution in [0.15, 0.2) is 66.9 Å². The van der Waals surface area contributed by atoms with E-state index in [1.165, 1.54) is 60.5 Å². The molecule has 0 aliphatic carbocycles. The minimum absolute atomic E-state index is 0.0991. The van der Waals surface area contributed by atoms with Crippen LogP contribution in [0.2, 0.25) is 0 Å². The Morgan fingerprint density at radius 2 is 1.73 bits per heavy atom. The van der Waals surface area contributed by atoms with Crippen LogP contribution in [0.3, 0.4) is 0 Å². The average molecular weight is 562 g/mol. The highest BCUT2D eigenvalue weighted by atomic mass is 32.1. The lowest BCUT2D eigenvalue weighted by Gasteiger charge is -2.26. The highest BCUT2D eigenvalue weighted by Gasteiger charge is 2.42. The van der Waals surface area contributed by atoms with Crippen molar-refractivity contribution in [1.29, 1.82) is 0 Å². The van der Waals surface area contributed by atoms with Gasteiger partial charge in [0, 0.05) is 19.6 Å². The Morgan fingerprint density at radius 3 is 2.40 bits per heavy atom. The number of nitrogens with zero attached hydrogens (tertiary/aromatic N) is 4. The normalized spacial score (nSPS) is 17.9. The van der Waals surface area contributed by atoms with E-state index in [2.05, 4.69) is 39.5 Å². The fraction of sp³-hybridized carbons (Fsp3) is 0.387. The molecule has 2 saturated heterocycles. The third kappa shape index (κ3) is 6.77. The summed E-state index contributed by atoms with van der Waals surface area (Å²) in [5, 5.41) is 3.74. The number of anilines is 2. The number of carbonyl (C=O) groups is 1. The van der Waals surface area contributed by atoms with Crippen molar-refractivity contribution in [2.45, 2.75) is 44.7 Å². The predicted octanol–water partition coefficient (Wildman–Crippen LogP) is 5.26. The van der Waals surface area contributed by atoms with Gasteiger partial charge in [-0.05, 0) is 98.5 Å². The van der Waals surface area contributed by atoms with E-state index in [0.29, 0.717) is 41.9 Å². The molecule has 1 unspecified atom stereocenters. The number of hydrogen-bond acceptors (Lipinski definition) is 6. The molecule has 0 saturated carbocycles.